The number of nitrogens with zero attached hydrogens (tertiary/aromatic N) is 2. The Morgan fingerprint density at radius 3 is 2.30 bits per heavy atom. The van der Waals surface area contributed by atoms with Crippen molar-refractivity contribution < 1.29 is 19.2 Å². The Balaban J connectivity index is 1.98. The van der Waals surface area contributed by atoms with E-state index in [1.54, 1.807) is 13.8 Å². The molecule has 1 aliphatic carbocycles. The minimum atomic E-state index is -0.926. The smallest absolute Gasteiger partial charge is 0.334 e. The second kappa shape index (κ2) is 5.60. The van der Waals surface area contributed by atoms with Crippen molar-refractivity contribution in [3.8, 4) is 0 Å². The Hall–Kier alpha value is -1.92. The van der Waals surface area contributed by atoms with Crippen LogP contribution in [0.2, 0.25) is 0 Å². The van der Waals surface area contributed by atoms with Crippen molar-refractivity contribution >= 4 is 23.8 Å². The summed E-state index contributed by atoms with van der Waals surface area (Å²) in [5.74, 6) is -2.18. The highest BCUT2D eigenvalue weighted by Crippen LogP contribution is 2.18. The maximum absolute atomic E-state index is 12.0. The van der Waals surface area contributed by atoms with Gasteiger partial charge in [0.15, 0.2) is 0 Å². The lowest BCUT2D eigenvalue weighted by Gasteiger charge is -2.19. The number of urea groups is 1. The number of carbonyl (C=O) groups excluding carboxylic acids is 4. The molecule has 0 unspecified atom stereocenters. The Morgan fingerprint density at radius 1 is 1.20 bits per heavy atom. The van der Waals surface area contributed by atoms with Crippen molar-refractivity contribution in [1.29, 1.82) is 0 Å². The molecule has 1 aliphatic heterocycles. The topological polar surface area (TPSA) is 86.8 Å². The molecule has 0 aromatic rings. The molecule has 0 spiro atoms. The van der Waals surface area contributed by atoms with Gasteiger partial charge in [-0.15, -0.1) is 0 Å². The zero-order valence-electron chi connectivity index (χ0n) is 11.7. The molecular weight excluding hydrogens is 262 g/mol. The van der Waals surface area contributed by atoms with Crippen LogP contribution < -0.4 is 5.32 Å². The third-order valence-corrected chi connectivity index (χ3v) is 3.62. The molecule has 7 heteroatoms. The van der Waals surface area contributed by atoms with Gasteiger partial charge in [-0.1, -0.05) is 12.8 Å². The van der Waals surface area contributed by atoms with Crippen LogP contribution in [0.1, 0.15) is 39.5 Å². The highest BCUT2D eigenvalue weighted by Gasteiger charge is 2.46. The minimum Gasteiger partial charge on any atom is -0.352 e. The number of amides is 5. The summed E-state index contributed by atoms with van der Waals surface area (Å²) in [4.78, 5) is 48.8. The fourth-order valence-corrected chi connectivity index (χ4v) is 2.60. The SMILES string of the molecule is CC(C)N1C(=O)C(=O)N(CC(=O)NC2CCCC2)C1=O. The molecule has 1 N–H and O–H groups in total. The molecule has 2 aliphatic rings. The maximum Gasteiger partial charge on any atom is 0.334 e. The van der Waals surface area contributed by atoms with Crippen LogP contribution in [-0.4, -0.2) is 52.2 Å². The van der Waals surface area contributed by atoms with Crippen LogP contribution >= 0.6 is 0 Å². The normalized spacial score (nSPS) is 20.4. The van der Waals surface area contributed by atoms with Gasteiger partial charge < -0.3 is 5.32 Å². The van der Waals surface area contributed by atoms with E-state index in [2.05, 4.69) is 5.32 Å². The molecule has 1 saturated carbocycles. The summed E-state index contributed by atoms with van der Waals surface area (Å²) < 4.78 is 0. The van der Waals surface area contributed by atoms with Gasteiger partial charge in [-0.05, 0) is 26.7 Å². The molecule has 110 valence electrons. The zero-order valence-corrected chi connectivity index (χ0v) is 11.7. The van der Waals surface area contributed by atoms with E-state index < -0.39 is 29.8 Å². The molecule has 0 radical (unpaired) electrons. The second-order valence-corrected chi connectivity index (χ2v) is 5.49. The van der Waals surface area contributed by atoms with Gasteiger partial charge in [0.2, 0.25) is 5.91 Å². The van der Waals surface area contributed by atoms with Crippen LogP contribution in [0.3, 0.4) is 0 Å². The van der Waals surface area contributed by atoms with E-state index in [0.717, 1.165) is 30.6 Å². The standard InChI is InChI=1S/C13H19N3O4/c1-8(2)16-12(19)11(18)15(13(16)20)7-10(17)14-9-5-3-4-6-9/h8-9H,3-7H2,1-2H3,(H,14,17). The fraction of sp³-hybridized carbons (Fsp3) is 0.692. The highest BCUT2D eigenvalue weighted by molar-refractivity contribution is 6.45. The molecule has 0 aromatic heterocycles. The zero-order chi connectivity index (χ0) is 14.9. The van der Waals surface area contributed by atoms with E-state index in [1.165, 1.54) is 0 Å². The lowest BCUT2D eigenvalue weighted by atomic mass is 10.2. The second-order valence-electron chi connectivity index (χ2n) is 5.49. The third kappa shape index (κ3) is 2.66. The summed E-state index contributed by atoms with van der Waals surface area (Å²) in [7, 11) is 0. The van der Waals surface area contributed by atoms with Gasteiger partial charge in [0.1, 0.15) is 6.54 Å². The number of nitrogens with one attached hydrogen (secondary N) is 1. The lowest BCUT2D eigenvalue weighted by molar-refractivity contribution is -0.144. The van der Waals surface area contributed by atoms with Crippen molar-refractivity contribution in [2.45, 2.75) is 51.6 Å². The molecule has 20 heavy (non-hydrogen) atoms. The number of imide groups is 2. The average molecular weight is 281 g/mol. The molecule has 5 amide bonds. The van der Waals surface area contributed by atoms with Crippen molar-refractivity contribution in [2.24, 2.45) is 0 Å². The number of carbonyl (C=O) groups is 4. The predicted molar refractivity (Wildman–Crippen MR) is 69.5 cm³/mol. The Bertz CT molecular complexity index is 455. The number of rotatable bonds is 4. The van der Waals surface area contributed by atoms with Crippen LogP contribution in [0, 0.1) is 0 Å². The first-order valence-electron chi connectivity index (χ1n) is 6.90. The van der Waals surface area contributed by atoms with Gasteiger partial charge >= 0.3 is 17.8 Å². The Kier molecular flexibility index (Phi) is 4.06. The summed E-state index contributed by atoms with van der Waals surface area (Å²) in [6, 6.07) is -0.995. The van der Waals surface area contributed by atoms with Crippen LogP contribution in [0.25, 0.3) is 0 Å². The van der Waals surface area contributed by atoms with E-state index in [9.17, 15) is 19.2 Å². The van der Waals surface area contributed by atoms with Crippen LogP contribution in [0.15, 0.2) is 0 Å². The maximum atomic E-state index is 12.0. The fourth-order valence-electron chi connectivity index (χ4n) is 2.60. The Labute approximate surface area is 117 Å². The van der Waals surface area contributed by atoms with Crippen molar-refractivity contribution in [2.75, 3.05) is 6.54 Å². The first-order chi connectivity index (χ1) is 9.41. The number of hydrogen-bond acceptors (Lipinski definition) is 4. The van der Waals surface area contributed by atoms with Crippen molar-refractivity contribution in [1.82, 2.24) is 15.1 Å². The van der Waals surface area contributed by atoms with Crippen LogP contribution in [0.5, 0.6) is 0 Å². The molecule has 0 aromatic carbocycles. The summed E-state index contributed by atoms with van der Waals surface area (Å²) in [6.07, 6.45) is 3.99. The largest absolute Gasteiger partial charge is 0.352 e. The summed E-state index contributed by atoms with van der Waals surface area (Å²) in [6.45, 7) is 2.90. The molecule has 7 nitrogen and oxygen atoms in total. The molecule has 2 rings (SSSR count). The molecule has 1 saturated heterocycles. The molecule has 1 heterocycles. The predicted octanol–water partition coefficient (Wildman–Crippen LogP) is 0.244. The first-order valence-corrected chi connectivity index (χ1v) is 6.90. The average Bonchev–Trinajstić information content (AvgIpc) is 2.93. The monoisotopic (exact) mass is 281 g/mol. The summed E-state index contributed by atoms with van der Waals surface area (Å²) >= 11 is 0. The molecule has 0 bridgehead atoms. The van der Waals surface area contributed by atoms with Crippen molar-refractivity contribution in [3.05, 3.63) is 0 Å². The minimum absolute atomic E-state index is 0.118. The van der Waals surface area contributed by atoms with E-state index in [-0.39, 0.29) is 12.6 Å². The number of hydrogen-bond donors (Lipinski definition) is 1. The van der Waals surface area contributed by atoms with Gasteiger partial charge in [-0.2, -0.15) is 0 Å². The molecular formula is C13H19N3O4. The van der Waals surface area contributed by atoms with E-state index >= 15 is 0 Å². The van der Waals surface area contributed by atoms with Crippen LogP contribution in [-0.2, 0) is 14.4 Å². The summed E-state index contributed by atoms with van der Waals surface area (Å²) in [5.41, 5.74) is 0. The highest BCUT2D eigenvalue weighted by atomic mass is 16.2. The van der Waals surface area contributed by atoms with Gasteiger partial charge in [-0.25, -0.2) is 9.69 Å². The molecule has 0 atom stereocenters. The van der Waals surface area contributed by atoms with E-state index in [4.69, 9.17) is 0 Å². The van der Waals surface area contributed by atoms with Crippen molar-refractivity contribution in [3.63, 3.8) is 0 Å². The van der Waals surface area contributed by atoms with E-state index in [1.807, 2.05) is 0 Å². The van der Waals surface area contributed by atoms with Crippen LogP contribution in [0.4, 0.5) is 4.79 Å². The lowest BCUT2D eigenvalue weighted by Crippen LogP contribution is -2.44. The Morgan fingerprint density at radius 2 is 1.80 bits per heavy atom. The van der Waals surface area contributed by atoms with Gasteiger partial charge in [0, 0.05) is 12.1 Å². The van der Waals surface area contributed by atoms with Gasteiger partial charge in [0.05, 0.1) is 0 Å². The van der Waals surface area contributed by atoms with Gasteiger partial charge in [0.25, 0.3) is 0 Å². The third-order valence-electron chi connectivity index (χ3n) is 3.62. The van der Waals surface area contributed by atoms with Gasteiger partial charge in [-0.3, -0.25) is 19.3 Å². The quantitative estimate of drug-likeness (QED) is 0.591. The summed E-state index contributed by atoms with van der Waals surface area (Å²) in [5, 5.41) is 2.79. The molecule has 2 fully saturated rings. The van der Waals surface area contributed by atoms with E-state index in [0.29, 0.717) is 4.90 Å². The first kappa shape index (κ1) is 14.5.